The van der Waals surface area contributed by atoms with Crippen LogP contribution in [-0.4, -0.2) is 28.3 Å². The lowest BCUT2D eigenvalue weighted by molar-refractivity contribution is -0.119. The number of hydrogen-bond acceptors (Lipinski definition) is 4. The second kappa shape index (κ2) is 5.11. The molecule has 1 heterocycles. The average molecular weight is 211 g/mol. The highest BCUT2D eigenvalue weighted by molar-refractivity contribution is 5.94. The largest absolute Gasteiger partial charge is 0.351 e. The van der Waals surface area contributed by atoms with Crippen molar-refractivity contribution in [2.24, 2.45) is 12.8 Å². The third-order valence-corrected chi connectivity index (χ3v) is 1.64. The number of rotatable bonds is 4. The van der Waals surface area contributed by atoms with Gasteiger partial charge in [-0.1, -0.05) is 0 Å². The van der Waals surface area contributed by atoms with Crippen molar-refractivity contribution >= 4 is 11.9 Å². The molecular formula is C8H13N5O2. The molecule has 0 bridgehead atoms. The van der Waals surface area contributed by atoms with Crippen LogP contribution < -0.4 is 16.4 Å². The van der Waals surface area contributed by atoms with Gasteiger partial charge in [-0.25, -0.2) is 4.79 Å². The Morgan fingerprint density at radius 1 is 1.60 bits per heavy atom. The predicted molar refractivity (Wildman–Crippen MR) is 52.6 cm³/mol. The molecule has 0 unspecified atom stereocenters. The number of nitrogens with one attached hydrogen (secondary N) is 2. The van der Waals surface area contributed by atoms with Crippen molar-refractivity contribution in [3.8, 4) is 0 Å². The molecule has 1 rings (SSSR count). The maximum Gasteiger partial charge on any atom is 0.318 e. The smallest absolute Gasteiger partial charge is 0.318 e. The van der Waals surface area contributed by atoms with E-state index in [0.717, 1.165) is 5.56 Å². The van der Waals surface area contributed by atoms with Gasteiger partial charge in [0.05, 0.1) is 12.7 Å². The van der Waals surface area contributed by atoms with Gasteiger partial charge in [-0.3, -0.25) is 14.8 Å². The quantitative estimate of drug-likeness (QED) is 0.576. The van der Waals surface area contributed by atoms with Crippen LogP contribution in [0, 0.1) is 0 Å². The van der Waals surface area contributed by atoms with E-state index in [9.17, 15) is 9.59 Å². The van der Waals surface area contributed by atoms with Crippen LogP contribution in [0.3, 0.4) is 0 Å². The zero-order valence-corrected chi connectivity index (χ0v) is 8.36. The molecule has 7 heteroatoms. The van der Waals surface area contributed by atoms with Gasteiger partial charge in [0.2, 0.25) is 5.91 Å². The number of hydrogen-bond donors (Lipinski definition) is 3. The Kier molecular flexibility index (Phi) is 3.81. The van der Waals surface area contributed by atoms with Crippen LogP contribution in [0.5, 0.6) is 0 Å². The molecular weight excluding hydrogens is 198 g/mol. The second-order valence-corrected chi connectivity index (χ2v) is 3.04. The molecule has 1 aromatic heterocycles. The van der Waals surface area contributed by atoms with Crippen molar-refractivity contribution < 1.29 is 9.59 Å². The topological polar surface area (TPSA) is 102 Å². The van der Waals surface area contributed by atoms with Crippen LogP contribution in [0.1, 0.15) is 5.56 Å². The number of amides is 3. The molecule has 0 fully saturated rings. The Morgan fingerprint density at radius 3 is 2.87 bits per heavy atom. The lowest BCUT2D eigenvalue weighted by atomic mass is 10.3. The minimum absolute atomic E-state index is 0.0395. The summed E-state index contributed by atoms with van der Waals surface area (Å²) in [5.41, 5.74) is 5.73. The summed E-state index contributed by atoms with van der Waals surface area (Å²) >= 11 is 0. The van der Waals surface area contributed by atoms with Crippen LogP contribution in [0.2, 0.25) is 0 Å². The molecule has 7 nitrogen and oxygen atoms in total. The first-order chi connectivity index (χ1) is 7.08. The van der Waals surface area contributed by atoms with Crippen molar-refractivity contribution in [1.82, 2.24) is 20.4 Å². The summed E-state index contributed by atoms with van der Waals surface area (Å²) in [6, 6.07) is -0.844. The first-order valence-corrected chi connectivity index (χ1v) is 4.35. The van der Waals surface area contributed by atoms with Crippen LogP contribution in [0.4, 0.5) is 4.79 Å². The Bertz CT molecular complexity index is 360. The van der Waals surface area contributed by atoms with Gasteiger partial charge in [-0.15, -0.1) is 0 Å². The molecule has 4 N–H and O–H groups in total. The first-order valence-electron chi connectivity index (χ1n) is 4.35. The molecule has 0 saturated heterocycles. The van der Waals surface area contributed by atoms with E-state index in [-0.39, 0.29) is 6.54 Å². The summed E-state index contributed by atoms with van der Waals surface area (Å²) in [6.07, 6.45) is 3.53. The lowest BCUT2D eigenvalue weighted by Gasteiger charge is -2.01. The first kappa shape index (κ1) is 11.2. The highest BCUT2D eigenvalue weighted by Gasteiger charge is 2.03. The molecule has 0 spiro atoms. The number of nitrogens with two attached hydrogens (primary N) is 1. The maximum absolute atomic E-state index is 11.0. The summed E-state index contributed by atoms with van der Waals surface area (Å²) < 4.78 is 1.67. The third kappa shape index (κ3) is 4.23. The van der Waals surface area contributed by atoms with Gasteiger partial charge in [0.15, 0.2) is 0 Å². The van der Waals surface area contributed by atoms with Gasteiger partial charge in [0.25, 0.3) is 0 Å². The van der Waals surface area contributed by atoms with E-state index in [2.05, 4.69) is 10.4 Å². The van der Waals surface area contributed by atoms with Gasteiger partial charge in [-0.05, 0) is 0 Å². The summed E-state index contributed by atoms with van der Waals surface area (Å²) in [4.78, 5) is 21.2. The van der Waals surface area contributed by atoms with E-state index in [1.807, 2.05) is 18.6 Å². The second-order valence-electron chi connectivity index (χ2n) is 3.04. The highest BCUT2D eigenvalue weighted by atomic mass is 16.2. The van der Waals surface area contributed by atoms with E-state index >= 15 is 0 Å². The van der Waals surface area contributed by atoms with Crippen LogP contribution in [-0.2, 0) is 18.4 Å². The van der Waals surface area contributed by atoms with Crippen LogP contribution in [0.25, 0.3) is 0 Å². The van der Waals surface area contributed by atoms with Crippen molar-refractivity contribution in [3.05, 3.63) is 18.0 Å². The van der Waals surface area contributed by atoms with Crippen molar-refractivity contribution in [1.29, 1.82) is 0 Å². The SMILES string of the molecule is Cn1cc(CNCC(=O)NC(N)=O)cn1. The predicted octanol–water partition coefficient (Wildman–Crippen LogP) is -1.30. The number of imide groups is 1. The fraction of sp³-hybridized carbons (Fsp3) is 0.375. The Labute approximate surface area is 86.6 Å². The molecule has 0 aliphatic rings. The summed E-state index contributed by atoms with van der Waals surface area (Å²) in [5, 5.41) is 8.76. The summed E-state index contributed by atoms with van der Waals surface area (Å²) in [5.74, 6) is -0.452. The zero-order valence-electron chi connectivity index (χ0n) is 8.36. The van der Waals surface area contributed by atoms with Crippen LogP contribution in [0.15, 0.2) is 12.4 Å². The van der Waals surface area contributed by atoms with Gasteiger partial charge in [0.1, 0.15) is 0 Å². The number of carbonyl (C=O) groups excluding carboxylic acids is 2. The molecule has 0 atom stereocenters. The number of nitrogens with zero attached hydrogens (tertiary/aromatic N) is 2. The van der Waals surface area contributed by atoms with E-state index in [1.165, 1.54) is 0 Å². The molecule has 3 amide bonds. The van der Waals surface area contributed by atoms with Gasteiger partial charge in [-0.2, -0.15) is 5.10 Å². The number of primary amides is 1. The minimum Gasteiger partial charge on any atom is -0.351 e. The summed E-state index contributed by atoms with van der Waals surface area (Å²) in [7, 11) is 1.81. The number of aromatic nitrogens is 2. The average Bonchev–Trinajstić information content (AvgIpc) is 2.50. The normalized spacial score (nSPS) is 9.93. The Balaban J connectivity index is 2.22. The lowest BCUT2D eigenvalue weighted by Crippen LogP contribution is -2.40. The molecule has 82 valence electrons. The fourth-order valence-electron chi connectivity index (χ4n) is 1.07. The van der Waals surface area contributed by atoms with E-state index in [4.69, 9.17) is 5.73 Å². The van der Waals surface area contributed by atoms with Gasteiger partial charge >= 0.3 is 6.03 Å². The van der Waals surface area contributed by atoms with Crippen LogP contribution >= 0.6 is 0 Å². The van der Waals surface area contributed by atoms with Crippen molar-refractivity contribution in [2.45, 2.75) is 6.54 Å². The standard InChI is InChI=1S/C8H13N5O2/c1-13-5-6(3-11-13)2-10-4-7(14)12-8(9)15/h3,5,10H,2,4H2,1H3,(H3,9,12,14,15). The highest BCUT2D eigenvalue weighted by Crippen LogP contribution is 1.93. The Hall–Kier alpha value is -1.89. The molecule has 1 aromatic rings. The van der Waals surface area contributed by atoms with E-state index in [0.29, 0.717) is 6.54 Å². The van der Waals surface area contributed by atoms with Gasteiger partial charge < -0.3 is 11.1 Å². The molecule has 0 aliphatic carbocycles. The van der Waals surface area contributed by atoms with Crippen molar-refractivity contribution in [3.63, 3.8) is 0 Å². The van der Waals surface area contributed by atoms with Crippen molar-refractivity contribution in [2.75, 3.05) is 6.54 Å². The van der Waals surface area contributed by atoms with E-state index < -0.39 is 11.9 Å². The van der Waals surface area contributed by atoms with E-state index in [1.54, 1.807) is 10.9 Å². The third-order valence-electron chi connectivity index (χ3n) is 1.64. The molecule has 15 heavy (non-hydrogen) atoms. The minimum atomic E-state index is -0.844. The van der Waals surface area contributed by atoms with Gasteiger partial charge in [0, 0.05) is 25.4 Å². The molecule has 0 aliphatic heterocycles. The Morgan fingerprint density at radius 2 is 2.33 bits per heavy atom. The molecule has 0 aromatic carbocycles. The number of urea groups is 1. The zero-order chi connectivity index (χ0) is 11.3. The maximum atomic E-state index is 11.0. The number of aryl methyl sites for hydroxylation is 1. The summed E-state index contributed by atoms with van der Waals surface area (Å²) in [6.45, 7) is 0.553. The monoisotopic (exact) mass is 211 g/mol. The number of carbonyl (C=O) groups is 2. The molecule has 0 radical (unpaired) electrons. The molecule has 0 saturated carbocycles. The fourth-order valence-corrected chi connectivity index (χ4v) is 1.07.